The van der Waals surface area contributed by atoms with Crippen molar-refractivity contribution >= 4 is 11.5 Å². The second-order valence-corrected chi connectivity index (χ2v) is 4.07. The Balaban J connectivity index is 2.27. The van der Waals surface area contributed by atoms with Crippen molar-refractivity contribution in [1.29, 1.82) is 0 Å². The highest BCUT2D eigenvalue weighted by Gasteiger charge is 2.24. The number of ether oxygens (including phenoxy) is 1. The van der Waals surface area contributed by atoms with Crippen LogP contribution in [0.4, 0.5) is 11.5 Å². The number of nitrogens with zero attached hydrogens (tertiary/aromatic N) is 3. The summed E-state index contributed by atoms with van der Waals surface area (Å²) in [5, 5.41) is 4.31. The summed E-state index contributed by atoms with van der Waals surface area (Å²) in [5.41, 5.74) is 7.66. The number of nitrogens with two attached hydrogens (primary N) is 1. The van der Waals surface area contributed by atoms with Crippen LogP contribution in [-0.2, 0) is 11.8 Å². The van der Waals surface area contributed by atoms with Crippen LogP contribution >= 0.6 is 0 Å². The predicted molar refractivity (Wildman–Crippen MR) is 60.0 cm³/mol. The summed E-state index contributed by atoms with van der Waals surface area (Å²) in [6, 6.07) is 0.419. The second kappa shape index (κ2) is 3.73. The molecule has 1 atom stereocenters. The molecule has 0 saturated carbocycles. The third kappa shape index (κ3) is 1.67. The number of hydrogen-bond acceptors (Lipinski definition) is 4. The third-order valence-corrected chi connectivity index (χ3v) is 3.02. The SMILES string of the molecule is Cc1nn(C)c(N(C)C2CCOC2)c1N. The van der Waals surface area contributed by atoms with Gasteiger partial charge in [0, 0.05) is 20.7 Å². The number of hydrogen-bond donors (Lipinski definition) is 1. The Labute approximate surface area is 89.8 Å². The normalized spacial score (nSPS) is 20.9. The van der Waals surface area contributed by atoms with E-state index in [1.165, 1.54) is 0 Å². The molecule has 1 fully saturated rings. The van der Waals surface area contributed by atoms with E-state index in [1.807, 2.05) is 25.7 Å². The van der Waals surface area contributed by atoms with Gasteiger partial charge in [-0.05, 0) is 13.3 Å². The number of anilines is 2. The molecule has 2 N–H and O–H groups in total. The fraction of sp³-hybridized carbons (Fsp3) is 0.700. The van der Waals surface area contributed by atoms with Crippen molar-refractivity contribution in [3.8, 4) is 0 Å². The lowest BCUT2D eigenvalue weighted by Gasteiger charge is -2.25. The van der Waals surface area contributed by atoms with Gasteiger partial charge >= 0.3 is 0 Å². The maximum atomic E-state index is 6.01. The first-order chi connectivity index (χ1) is 7.11. The Hall–Kier alpha value is -1.23. The lowest BCUT2D eigenvalue weighted by atomic mass is 10.2. The van der Waals surface area contributed by atoms with E-state index >= 15 is 0 Å². The van der Waals surface area contributed by atoms with E-state index in [0.717, 1.165) is 36.8 Å². The van der Waals surface area contributed by atoms with Crippen molar-refractivity contribution in [2.24, 2.45) is 7.05 Å². The molecular formula is C10H18N4O. The summed E-state index contributed by atoms with van der Waals surface area (Å²) in [6.07, 6.45) is 1.06. The molecule has 1 saturated heterocycles. The van der Waals surface area contributed by atoms with Gasteiger partial charge in [-0.3, -0.25) is 4.68 Å². The average molecular weight is 210 g/mol. The van der Waals surface area contributed by atoms with Crippen molar-refractivity contribution in [2.75, 3.05) is 30.9 Å². The molecule has 0 amide bonds. The second-order valence-electron chi connectivity index (χ2n) is 4.07. The molecule has 2 rings (SSSR count). The standard InChI is InChI=1S/C10H18N4O/c1-7-9(11)10(14(3)12-7)13(2)8-4-5-15-6-8/h8H,4-6,11H2,1-3H3. The van der Waals surface area contributed by atoms with Gasteiger partial charge in [-0.2, -0.15) is 5.10 Å². The van der Waals surface area contributed by atoms with E-state index in [-0.39, 0.29) is 0 Å². The zero-order valence-electron chi connectivity index (χ0n) is 9.53. The maximum absolute atomic E-state index is 6.01. The molecule has 0 spiro atoms. The Morgan fingerprint density at radius 3 is 2.80 bits per heavy atom. The molecule has 84 valence electrons. The van der Waals surface area contributed by atoms with Gasteiger partial charge in [0.2, 0.25) is 0 Å². The fourth-order valence-electron chi connectivity index (χ4n) is 2.08. The van der Waals surface area contributed by atoms with E-state index in [2.05, 4.69) is 10.00 Å². The fourth-order valence-corrected chi connectivity index (χ4v) is 2.08. The molecule has 0 aliphatic carbocycles. The summed E-state index contributed by atoms with van der Waals surface area (Å²) in [7, 11) is 3.97. The minimum Gasteiger partial charge on any atom is -0.394 e. The zero-order chi connectivity index (χ0) is 11.0. The van der Waals surface area contributed by atoms with Crippen LogP contribution in [0.15, 0.2) is 0 Å². The first-order valence-electron chi connectivity index (χ1n) is 5.21. The van der Waals surface area contributed by atoms with Gasteiger partial charge in [0.25, 0.3) is 0 Å². The van der Waals surface area contributed by atoms with Gasteiger partial charge in [0.05, 0.1) is 24.0 Å². The predicted octanol–water partition coefficient (Wildman–Crippen LogP) is 0.536. The van der Waals surface area contributed by atoms with E-state index in [4.69, 9.17) is 10.5 Å². The van der Waals surface area contributed by atoms with E-state index < -0.39 is 0 Å². The smallest absolute Gasteiger partial charge is 0.150 e. The van der Waals surface area contributed by atoms with Gasteiger partial charge in [-0.15, -0.1) is 0 Å². The Bertz CT molecular complexity index is 355. The van der Waals surface area contributed by atoms with Crippen LogP contribution in [0.25, 0.3) is 0 Å². The van der Waals surface area contributed by atoms with Crippen molar-refractivity contribution < 1.29 is 4.74 Å². The van der Waals surface area contributed by atoms with Crippen molar-refractivity contribution in [3.63, 3.8) is 0 Å². The van der Waals surface area contributed by atoms with E-state index in [9.17, 15) is 0 Å². The lowest BCUT2D eigenvalue weighted by Crippen LogP contribution is -2.33. The maximum Gasteiger partial charge on any atom is 0.150 e. The molecule has 0 aromatic carbocycles. The average Bonchev–Trinajstić information content (AvgIpc) is 2.76. The van der Waals surface area contributed by atoms with Gasteiger partial charge in [0.1, 0.15) is 5.82 Å². The molecular weight excluding hydrogens is 192 g/mol. The molecule has 5 heteroatoms. The molecule has 15 heavy (non-hydrogen) atoms. The lowest BCUT2D eigenvalue weighted by molar-refractivity contribution is 0.193. The number of rotatable bonds is 2. The van der Waals surface area contributed by atoms with E-state index in [0.29, 0.717) is 6.04 Å². The molecule has 1 aromatic heterocycles. The molecule has 0 radical (unpaired) electrons. The highest BCUT2D eigenvalue weighted by atomic mass is 16.5. The quantitative estimate of drug-likeness (QED) is 0.774. The first-order valence-corrected chi connectivity index (χ1v) is 5.21. The largest absolute Gasteiger partial charge is 0.394 e. The van der Waals surface area contributed by atoms with Crippen LogP contribution in [0, 0.1) is 6.92 Å². The van der Waals surface area contributed by atoms with Crippen LogP contribution in [0.2, 0.25) is 0 Å². The van der Waals surface area contributed by atoms with Crippen LogP contribution in [0.1, 0.15) is 12.1 Å². The molecule has 5 nitrogen and oxygen atoms in total. The molecule has 1 aliphatic rings. The Morgan fingerprint density at radius 2 is 2.33 bits per heavy atom. The molecule has 0 bridgehead atoms. The molecule has 1 unspecified atom stereocenters. The minimum absolute atomic E-state index is 0.419. The monoisotopic (exact) mass is 210 g/mol. The highest BCUT2D eigenvalue weighted by molar-refractivity contribution is 5.66. The Morgan fingerprint density at radius 1 is 1.60 bits per heavy atom. The summed E-state index contributed by atoms with van der Waals surface area (Å²) >= 11 is 0. The first kappa shape index (κ1) is 10.3. The summed E-state index contributed by atoms with van der Waals surface area (Å²) in [6.45, 7) is 3.55. The number of aromatic nitrogens is 2. The van der Waals surface area contributed by atoms with Gasteiger partial charge in [0.15, 0.2) is 0 Å². The topological polar surface area (TPSA) is 56.3 Å². The van der Waals surface area contributed by atoms with E-state index in [1.54, 1.807) is 0 Å². The molecule has 2 heterocycles. The van der Waals surface area contributed by atoms with Crippen molar-refractivity contribution in [3.05, 3.63) is 5.69 Å². The van der Waals surface area contributed by atoms with Crippen LogP contribution < -0.4 is 10.6 Å². The minimum atomic E-state index is 0.419. The summed E-state index contributed by atoms with van der Waals surface area (Å²) in [4.78, 5) is 2.17. The zero-order valence-corrected chi connectivity index (χ0v) is 9.53. The van der Waals surface area contributed by atoms with Crippen LogP contribution in [0.5, 0.6) is 0 Å². The number of nitrogen functional groups attached to an aromatic ring is 1. The third-order valence-electron chi connectivity index (χ3n) is 3.02. The molecule has 1 aromatic rings. The van der Waals surface area contributed by atoms with Crippen molar-refractivity contribution in [2.45, 2.75) is 19.4 Å². The highest BCUT2D eigenvalue weighted by Crippen LogP contribution is 2.27. The Kier molecular flexibility index (Phi) is 2.56. The molecule has 1 aliphatic heterocycles. The number of aryl methyl sites for hydroxylation is 2. The summed E-state index contributed by atoms with van der Waals surface area (Å²) in [5.74, 6) is 0.989. The van der Waals surface area contributed by atoms with Crippen molar-refractivity contribution in [1.82, 2.24) is 9.78 Å². The summed E-state index contributed by atoms with van der Waals surface area (Å²) < 4.78 is 7.21. The van der Waals surface area contributed by atoms with Gasteiger partial charge < -0.3 is 15.4 Å². The number of likely N-dealkylation sites (N-methyl/N-ethyl adjacent to an activating group) is 1. The van der Waals surface area contributed by atoms with Crippen LogP contribution in [0.3, 0.4) is 0 Å². The van der Waals surface area contributed by atoms with Crippen LogP contribution in [-0.4, -0.2) is 36.1 Å². The van der Waals surface area contributed by atoms with Gasteiger partial charge in [-0.25, -0.2) is 0 Å². The van der Waals surface area contributed by atoms with Gasteiger partial charge in [-0.1, -0.05) is 0 Å².